The second kappa shape index (κ2) is 5.93. The Hall–Kier alpha value is -1.80. The van der Waals surface area contributed by atoms with Crippen LogP contribution in [0.15, 0.2) is 6.20 Å². The number of carbonyl (C=O) groups is 1. The van der Waals surface area contributed by atoms with Crippen LogP contribution in [0.5, 0.6) is 0 Å². The molecular weight excluding hydrogens is 204 g/mol. The van der Waals surface area contributed by atoms with Crippen LogP contribution in [0.3, 0.4) is 0 Å². The second-order valence-corrected chi connectivity index (χ2v) is 3.46. The van der Waals surface area contributed by atoms with E-state index in [-0.39, 0.29) is 12.5 Å². The van der Waals surface area contributed by atoms with Gasteiger partial charge >= 0.3 is 0 Å². The fourth-order valence-corrected chi connectivity index (χ4v) is 1.22. The molecule has 1 aromatic rings. The van der Waals surface area contributed by atoms with E-state index in [0.29, 0.717) is 13.1 Å². The number of aryl methyl sites for hydroxylation is 1. The van der Waals surface area contributed by atoms with Gasteiger partial charge in [-0.1, -0.05) is 5.92 Å². The Morgan fingerprint density at radius 1 is 1.69 bits per heavy atom. The van der Waals surface area contributed by atoms with Crippen molar-refractivity contribution in [2.45, 2.75) is 13.5 Å². The molecule has 0 bridgehead atoms. The fourth-order valence-electron chi connectivity index (χ4n) is 1.22. The number of aromatic nitrogens is 2. The molecule has 1 rings (SSSR count). The predicted molar refractivity (Wildman–Crippen MR) is 61.5 cm³/mol. The lowest BCUT2D eigenvalue weighted by molar-refractivity contribution is -0.120. The van der Waals surface area contributed by atoms with E-state index in [9.17, 15) is 4.79 Å². The summed E-state index contributed by atoms with van der Waals surface area (Å²) in [7, 11) is 1.87. The zero-order valence-electron chi connectivity index (χ0n) is 9.58. The molecule has 0 spiro atoms. The molecule has 0 aliphatic carbocycles. The van der Waals surface area contributed by atoms with Crippen molar-refractivity contribution in [1.29, 1.82) is 0 Å². The largest absolute Gasteiger partial charge is 0.351 e. The van der Waals surface area contributed by atoms with Gasteiger partial charge in [0.1, 0.15) is 0 Å². The van der Waals surface area contributed by atoms with Crippen molar-refractivity contribution in [2.24, 2.45) is 7.05 Å². The zero-order valence-corrected chi connectivity index (χ0v) is 9.58. The minimum atomic E-state index is -0.0708. The zero-order chi connectivity index (χ0) is 12.0. The number of carbonyl (C=O) groups excluding carboxylic acids is 1. The Morgan fingerprint density at radius 3 is 3.00 bits per heavy atom. The first-order chi connectivity index (χ1) is 7.65. The van der Waals surface area contributed by atoms with Gasteiger partial charge in [0.25, 0.3) is 0 Å². The molecule has 0 atom stereocenters. The fraction of sp³-hybridized carbons (Fsp3) is 0.455. The van der Waals surface area contributed by atoms with E-state index in [1.807, 2.05) is 14.0 Å². The lowest BCUT2D eigenvalue weighted by Crippen LogP contribution is -2.33. The predicted octanol–water partition coefficient (Wildman–Crippen LogP) is -0.432. The first-order valence-electron chi connectivity index (χ1n) is 5.03. The van der Waals surface area contributed by atoms with Crippen LogP contribution in [0.25, 0.3) is 0 Å². The third-order valence-corrected chi connectivity index (χ3v) is 2.33. The first-order valence-corrected chi connectivity index (χ1v) is 5.03. The van der Waals surface area contributed by atoms with Gasteiger partial charge in [-0.3, -0.25) is 14.8 Å². The van der Waals surface area contributed by atoms with Gasteiger partial charge in [0.2, 0.25) is 5.91 Å². The van der Waals surface area contributed by atoms with Crippen LogP contribution in [0.2, 0.25) is 0 Å². The number of terminal acetylenes is 1. The minimum Gasteiger partial charge on any atom is -0.351 e. The van der Waals surface area contributed by atoms with Crippen molar-refractivity contribution in [1.82, 2.24) is 20.4 Å². The van der Waals surface area contributed by atoms with Crippen molar-refractivity contribution < 1.29 is 4.79 Å². The van der Waals surface area contributed by atoms with Gasteiger partial charge < -0.3 is 5.32 Å². The van der Waals surface area contributed by atoms with Gasteiger partial charge in [-0.05, 0) is 6.92 Å². The average Bonchev–Trinajstić information content (AvgIpc) is 2.58. The highest BCUT2D eigenvalue weighted by Gasteiger charge is 2.05. The van der Waals surface area contributed by atoms with Gasteiger partial charge in [0.15, 0.2) is 0 Å². The Bertz CT molecular complexity index is 403. The minimum absolute atomic E-state index is 0.0708. The number of nitrogens with zero attached hydrogens (tertiary/aromatic N) is 2. The molecule has 16 heavy (non-hydrogen) atoms. The maximum absolute atomic E-state index is 11.3. The van der Waals surface area contributed by atoms with Gasteiger partial charge in [0.05, 0.1) is 19.3 Å². The molecule has 0 aliphatic heterocycles. The van der Waals surface area contributed by atoms with Crippen molar-refractivity contribution in [2.75, 3.05) is 13.1 Å². The molecule has 1 amide bonds. The maximum atomic E-state index is 11.3. The lowest BCUT2D eigenvalue weighted by atomic mass is 10.2. The number of hydrogen-bond acceptors (Lipinski definition) is 3. The summed E-state index contributed by atoms with van der Waals surface area (Å²) < 4.78 is 1.78. The Balaban J connectivity index is 2.32. The standard InChI is InChI=1S/C11H16N4O/c1-4-5-12-8-11(16)13-6-10-7-14-15(3)9(10)2/h1,7,12H,5-6,8H2,2-3H3,(H,13,16). The topological polar surface area (TPSA) is 59.0 Å². The van der Waals surface area contributed by atoms with E-state index in [2.05, 4.69) is 21.7 Å². The smallest absolute Gasteiger partial charge is 0.234 e. The number of rotatable bonds is 5. The van der Waals surface area contributed by atoms with Crippen LogP contribution in [-0.2, 0) is 18.4 Å². The molecular formula is C11H16N4O. The number of nitrogens with one attached hydrogen (secondary N) is 2. The molecule has 2 N–H and O–H groups in total. The Morgan fingerprint density at radius 2 is 2.44 bits per heavy atom. The van der Waals surface area contributed by atoms with Gasteiger partial charge in [-0.2, -0.15) is 5.10 Å². The van der Waals surface area contributed by atoms with Crippen molar-refractivity contribution in [3.8, 4) is 12.3 Å². The van der Waals surface area contributed by atoms with Gasteiger partial charge in [0, 0.05) is 24.8 Å². The highest BCUT2D eigenvalue weighted by atomic mass is 16.1. The Labute approximate surface area is 95.2 Å². The quantitative estimate of drug-likeness (QED) is 0.523. The number of hydrogen-bond donors (Lipinski definition) is 2. The van der Waals surface area contributed by atoms with Crippen LogP contribution in [0, 0.1) is 19.3 Å². The third-order valence-electron chi connectivity index (χ3n) is 2.33. The van der Waals surface area contributed by atoms with Crippen LogP contribution in [-0.4, -0.2) is 28.8 Å². The molecule has 5 heteroatoms. The van der Waals surface area contributed by atoms with E-state index in [1.165, 1.54) is 0 Å². The van der Waals surface area contributed by atoms with E-state index >= 15 is 0 Å². The molecule has 0 unspecified atom stereocenters. The number of amides is 1. The normalized spacial score (nSPS) is 9.81. The summed E-state index contributed by atoms with van der Waals surface area (Å²) in [5, 5.41) is 9.70. The van der Waals surface area contributed by atoms with Gasteiger partial charge in [-0.25, -0.2) is 0 Å². The maximum Gasteiger partial charge on any atom is 0.234 e. The average molecular weight is 220 g/mol. The molecule has 0 aromatic carbocycles. The van der Waals surface area contributed by atoms with Crippen molar-refractivity contribution in [3.63, 3.8) is 0 Å². The van der Waals surface area contributed by atoms with Gasteiger partial charge in [-0.15, -0.1) is 6.42 Å². The first kappa shape index (κ1) is 12.3. The highest BCUT2D eigenvalue weighted by Crippen LogP contribution is 2.04. The molecule has 0 fully saturated rings. The molecule has 0 radical (unpaired) electrons. The molecule has 1 aromatic heterocycles. The molecule has 0 saturated carbocycles. The summed E-state index contributed by atoms with van der Waals surface area (Å²) in [4.78, 5) is 11.3. The van der Waals surface area contributed by atoms with Crippen LogP contribution in [0.1, 0.15) is 11.3 Å². The SMILES string of the molecule is C#CCNCC(=O)NCc1cnn(C)c1C. The molecule has 86 valence electrons. The monoisotopic (exact) mass is 220 g/mol. The molecule has 5 nitrogen and oxygen atoms in total. The third kappa shape index (κ3) is 3.41. The van der Waals surface area contributed by atoms with Crippen LogP contribution >= 0.6 is 0 Å². The van der Waals surface area contributed by atoms with E-state index in [0.717, 1.165) is 11.3 Å². The summed E-state index contributed by atoms with van der Waals surface area (Å²) in [5.41, 5.74) is 2.07. The van der Waals surface area contributed by atoms with Crippen LogP contribution in [0.4, 0.5) is 0 Å². The summed E-state index contributed by atoms with van der Waals surface area (Å²) in [6, 6.07) is 0. The molecule has 0 aliphatic rings. The van der Waals surface area contributed by atoms with E-state index in [4.69, 9.17) is 6.42 Å². The van der Waals surface area contributed by atoms with Crippen molar-refractivity contribution in [3.05, 3.63) is 17.5 Å². The molecule has 0 saturated heterocycles. The van der Waals surface area contributed by atoms with Crippen molar-refractivity contribution >= 4 is 5.91 Å². The summed E-state index contributed by atoms with van der Waals surface area (Å²) in [6.45, 7) is 3.10. The summed E-state index contributed by atoms with van der Waals surface area (Å²) in [6.07, 6.45) is 6.80. The Kier molecular flexibility index (Phi) is 4.55. The van der Waals surface area contributed by atoms with E-state index in [1.54, 1.807) is 10.9 Å². The van der Waals surface area contributed by atoms with E-state index < -0.39 is 0 Å². The summed E-state index contributed by atoms with van der Waals surface area (Å²) >= 11 is 0. The lowest BCUT2D eigenvalue weighted by Gasteiger charge is -2.04. The summed E-state index contributed by atoms with van der Waals surface area (Å²) in [5.74, 6) is 2.33. The molecule has 1 heterocycles. The van der Waals surface area contributed by atoms with Crippen LogP contribution < -0.4 is 10.6 Å². The second-order valence-electron chi connectivity index (χ2n) is 3.46. The highest BCUT2D eigenvalue weighted by molar-refractivity contribution is 5.78.